The molecule has 0 aliphatic carbocycles. The van der Waals surface area contributed by atoms with E-state index in [9.17, 15) is 19.1 Å². The van der Waals surface area contributed by atoms with Crippen LogP contribution in [0.1, 0.15) is 25.1 Å². The Balaban J connectivity index is 1.89. The first-order valence-electron chi connectivity index (χ1n) is 8.85. The molecule has 2 aromatic carbocycles. The van der Waals surface area contributed by atoms with Gasteiger partial charge < -0.3 is 5.11 Å². The van der Waals surface area contributed by atoms with Crippen molar-refractivity contribution in [2.24, 2.45) is 0 Å². The summed E-state index contributed by atoms with van der Waals surface area (Å²) in [6, 6.07) is 11.9. The minimum absolute atomic E-state index is 0.00632. The molecule has 0 spiro atoms. The number of imidazole rings is 1. The number of benzene rings is 2. The predicted molar refractivity (Wildman–Crippen MR) is 104 cm³/mol. The summed E-state index contributed by atoms with van der Waals surface area (Å²) in [4.78, 5) is 8.62. The second-order valence-corrected chi connectivity index (χ2v) is 7.15. The summed E-state index contributed by atoms with van der Waals surface area (Å²) in [6.07, 6.45) is 3.28. The summed E-state index contributed by atoms with van der Waals surface area (Å²) in [5, 5.41) is 19.4. The Morgan fingerprint density at radius 1 is 1.10 bits per heavy atom. The summed E-state index contributed by atoms with van der Waals surface area (Å²) in [5.41, 5.74) is 0.515. The number of hydrogen-bond acceptors (Lipinski definition) is 4. The first kappa shape index (κ1) is 18.7. The molecule has 7 heteroatoms. The molecule has 4 rings (SSSR count). The zero-order valence-corrected chi connectivity index (χ0v) is 15.7. The zero-order chi connectivity index (χ0) is 20.8. The van der Waals surface area contributed by atoms with Crippen molar-refractivity contribution in [2.75, 3.05) is 0 Å². The Kier molecular flexibility index (Phi) is 4.36. The van der Waals surface area contributed by atoms with Gasteiger partial charge in [-0.05, 0) is 50.2 Å². The van der Waals surface area contributed by atoms with Gasteiger partial charge in [-0.1, -0.05) is 6.07 Å². The van der Waals surface area contributed by atoms with Crippen LogP contribution in [0.5, 0.6) is 0 Å². The Hall–Kier alpha value is -3.63. The fourth-order valence-corrected chi connectivity index (χ4v) is 3.19. The zero-order valence-electron chi connectivity index (χ0n) is 15.7. The fourth-order valence-electron chi connectivity index (χ4n) is 3.19. The van der Waals surface area contributed by atoms with Crippen molar-refractivity contribution in [1.29, 1.82) is 5.26 Å². The van der Waals surface area contributed by atoms with Crippen molar-refractivity contribution in [2.45, 2.75) is 19.4 Å². The molecule has 0 amide bonds. The smallest absolute Gasteiger partial charge is 0.234 e. The molecule has 0 aliphatic rings. The summed E-state index contributed by atoms with van der Waals surface area (Å²) in [6.45, 7) is 3.26. The first-order chi connectivity index (χ1) is 13.8. The molecule has 5 nitrogen and oxygen atoms in total. The van der Waals surface area contributed by atoms with Crippen LogP contribution in [0.15, 0.2) is 54.9 Å². The highest BCUT2D eigenvalue weighted by atomic mass is 19.1. The summed E-state index contributed by atoms with van der Waals surface area (Å²) >= 11 is 0. The summed E-state index contributed by atoms with van der Waals surface area (Å²) in [7, 11) is 0. The number of hydrogen-bond donors (Lipinski definition) is 1. The number of fused-ring (bicyclic) bond motifs is 1. The van der Waals surface area contributed by atoms with E-state index in [1.54, 1.807) is 42.8 Å². The van der Waals surface area contributed by atoms with Gasteiger partial charge in [-0.15, -0.1) is 0 Å². The van der Waals surface area contributed by atoms with E-state index in [4.69, 9.17) is 0 Å². The average Bonchev–Trinajstić information content (AvgIpc) is 3.11. The lowest BCUT2D eigenvalue weighted by atomic mass is 9.97. The first-order valence-corrected chi connectivity index (χ1v) is 8.85. The van der Waals surface area contributed by atoms with E-state index >= 15 is 0 Å². The van der Waals surface area contributed by atoms with E-state index < -0.39 is 17.2 Å². The lowest BCUT2D eigenvalue weighted by Gasteiger charge is -2.16. The van der Waals surface area contributed by atoms with E-state index in [1.165, 1.54) is 30.3 Å². The van der Waals surface area contributed by atoms with Crippen molar-refractivity contribution in [3.05, 3.63) is 77.8 Å². The standard InChI is InChI=1S/C22H16F2N4O/c1-22(2,29)19-8-9-28-18(12-26-21(28)27-19)13-6-7-16(23)15(10-13)20-14(11-25)4-3-5-17(20)24/h3-10,12,29H,1-2H3. The number of aliphatic hydroxyl groups is 1. The van der Waals surface area contributed by atoms with E-state index in [0.29, 0.717) is 22.7 Å². The minimum atomic E-state index is -1.12. The molecule has 0 radical (unpaired) electrons. The van der Waals surface area contributed by atoms with Crippen LogP contribution in [-0.2, 0) is 5.60 Å². The van der Waals surface area contributed by atoms with Gasteiger partial charge in [-0.25, -0.2) is 18.7 Å². The maximum Gasteiger partial charge on any atom is 0.234 e. The van der Waals surface area contributed by atoms with E-state index in [-0.39, 0.29) is 16.7 Å². The van der Waals surface area contributed by atoms with Crippen LogP contribution in [-0.4, -0.2) is 19.5 Å². The van der Waals surface area contributed by atoms with Crippen LogP contribution in [0.4, 0.5) is 8.78 Å². The molecule has 0 atom stereocenters. The largest absolute Gasteiger partial charge is 0.384 e. The van der Waals surface area contributed by atoms with E-state index in [1.807, 2.05) is 6.07 Å². The summed E-state index contributed by atoms with van der Waals surface area (Å²) < 4.78 is 30.7. The summed E-state index contributed by atoms with van der Waals surface area (Å²) in [5.74, 6) is -0.935. The van der Waals surface area contributed by atoms with Gasteiger partial charge in [0.2, 0.25) is 5.78 Å². The monoisotopic (exact) mass is 390 g/mol. The third-order valence-corrected chi connectivity index (χ3v) is 4.67. The van der Waals surface area contributed by atoms with Crippen LogP contribution in [0.2, 0.25) is 0 Å². The average molecular weight is 390 g/mol. The second kappa shape index (κ2) is 6.76. The highest BCUT2D eigenvalue weighted by Crippen LogP contribution is 2.33. The molecule has 144 valence electrons. The number of nitrogens with zero attached hydrogens (tertiary/aromatic N) is 4. The third kappa shape index (κ3) is 3.24. The molecule has 0 bridgehead atoms. The molecule has 0 unspecified atom stereocenters. The van der Waals surface area contributed by atoms with Crippen LogP contribution in [0.25, 0.3) is 28.2 Å². The van der Waals surface area contributed by atoms with Gasteiger partial charge >= 0.3 is 0 Å². The van der Waals surface area contributed by atoms with Gasteiger partial charge in [0.05, 0.1) is 29.2 Å². The molecular weight excluding hydrogens is 374 g/mol. The Morgan fingerprint density at radius 2 is 1.90 bits per heavy atom. The third-order valence-electron chi connectivity index (χ3n) is 4.67. The van der Waals surface area contributed by atoms with Crippen molar-refractivity contribution < 1.29 is 13.9 Å². The molecule has 4 aromatic rings. The van der Waals surface area contributed by atoms with Gasteiger partial charge in [0.15, 0.2) is 0 Å². The molecular formula is C22H16F2N4O. The van der Waals surface area contributed by atoms with Gasteiger partial charge in [-0.3, -0.25) is 4.40 Å². The van der Waals surface area contributed by atoms with E-state index in [2.05, 4.69) is 9.97 Å². The molecule has 0 saturated carbocycles. The van der Waals surface area contributed by atoms with E-state index in [0.717, 1.165) is 0 Å². The van der Waals surface area contributed by atoms with Crippen LogP contribution >= 0.6 is 0 Å². The normalized spacial score (nSPS) is 11.6. The predicted octanol–water partition coefficient (Wildman–Crippen LogP) is 4.44. The fraction of sp³-hybridized carbons (Fsp3) is 0.136. The minimum Gasteiger partial charge on any atom is -0.384 e. The Morgan fingerprint density at radius 3 is 2.62 bits per heavy atom. The quantitative estimate of drug-likeness (QED) is 0.561. The number of halogens is 2. The van der Waals surface area contributed by atoms with Crippen molar-refractivity contribution >= 4 is 5.78 Å². The molecule has 2 heterocycles. The molecule has 0 fully saturated rings. The van der Waals surface area contributed by atoms with Crippen LogP contribution < -0.4 is 0 Å². The molecule has 2 aromatic heterocycles. The number of nitriles is 1. The lowest BCUT2D eigenvalue weighted by Crippen LogP contribution is -2.18. The molecule has 1 N–H and O–H groups in total. The SMILES string of the molecule is CC(C)(O)c1ccn2c(-c3ccc(F)c(-c4c(F)cccc4C#N)c3)cnc2n1. The highest BCUT2D eigenvalue weighted by Gasteiger charge is 2.20. The molecule has 0 aliphatic heterocycles. The second-order valence-electron chi connectivity index (χ2n) is 7.15. The molecule has 29 heavy (non-hydrogen) atoms. The molecule has 0 saturated heterocycles. The Bertz CT molecular complexity index is 1280. The van der Waals surface area contributed by atoms with Gasteiger partial charge in [0.25, 0.3) is 0 Å². The van der Waals surface area contributed by atoms with Gasteiger partial charge in [-0.2, -0.15) is 5.26 Å². The topological polar surface area (TPSA) is 74.2 Å². The number of aromatic nitrogens is 3. The van der Waals surface area contributed by atoms with Gasteiger partial charge in [0, 0.05) is 22.9 Å². The van der Waals surface area contributed by atoms with Crippen molar-refractivity contribution in [3.63, 3.8) is 0 Å². The van der Waals surface area contributed by atoms with Crippen LogP contribution in [0.3, 0.4) is 0 Å². The number of rotatable bonds is 3. The van der Waals surface area contributed by atoms with Crippen molar-refractivity contribution in [1.82, 2.24) is 14.4 Å². The Labute approximate surface area is 165 Å². The van der Waals surface area contributed by atoms with Crippen LogP contribution in [0, 0.1) is 23.0 Å². The van der Waals surface area contributed by atoms with Gasteiger partial charge in [0.1, 0.15) is 17.2 Å². The maximum absolute atomic E-state index is 14.6. The lowest BCUT2D eigenvalue weighted by molar-refractivity contribution is 0.0739. The van der Waals surface area contributed by atoms with Crippen molar-refractivity contribution in [3.8, 4) is 28.5 Å². The maximum atomic E-state index is 14.6. The highest BCUT2D eigenvalue weighted by molar-refractivity contribution is 5.76.